The molecule has 1 aromatic carbocycles. The minimum atomic E-state index is -3.66. The molecule has 0 unspecified atom stereocenters. The number of sulfonamides is 1. The SMILES string of the molecule is Cc1ccccc1CNC(=O)Cn1nc(C)c(S(=O)(=O)N2CCOCC2)c1C. The van der Waals surface area contributed by atoms with Gasteiger partial charge in [-0.3, -0.25) is 9.48 Å². The number of benzene rings is 1. The average molecular weight is 407 g/mol. The summed E-state index contributed by atoms with van der Waals surface area (Å²) in [4.78, 5) is 12.6. The Bertz CT molecular complexity index is 962. The van der Waals surface area contributed by atoms with Crippen molar-refractivity contribution in [1.29, 1.82) is 0 Å². The van der Waals surface area contributed by atoms with Crippen molar-refractivity contribution in [3.05, 3.63) is 46.8 Å². The lowest BCUT2D eigenvalue weighted by Crippen LogP contribution is -2.41. The third kappa shape index (κ3) is 4.26. The summed E-state index contributed by atoms with van der Waals surface area (Å²) in [6, 6.07) is 7.84. The van der Waals surface area contributed by atoms with Gasteiger partial charge in [-0.15, -0.1) is 0 Å². The molecule has 0 atom stereocenters. The molecule has 0 spiro atoms. The van der Waals surface area contributed by atoms with Crippen LogP contribution in [0.15, 0.2) is 29.2 Å². The summed E-state index contributed by atoms with van der Waals surface area (Å²) in [5.74, 6) is -0.218. The minimum absolute atomic E-state index is 0.0306. The first-order valence-electron chi connectivity index (χ1n) is 9.24. The van der Waals surface area contributed by atoms with E-state index in [9.17, 15) is 13.2 Å². The van der Waals surface area contributed by atoms with Gasteiger partial charge in [0.05, 0.1) is 24.6 Å². The normalized spacial score (nSPS) is 15.5. The van der Waals surface area contributed by atoms with E-state index < -0.39 is 10.0 Å². The van der Waals surface area contributed by atoms with Crippen LogP contribution in [0, 0.1) is 20.8 Å². The highest BCUT2D eigenvalue weighted by atomic mass is 32.2. The van der Waals surface area contributed by atoms with E-state index in [4.69, 9.17) is 4.74 Å². The fourth-order valence-corrected chi connectivity index (χ4v) is 5.10. The Hall–Kier alpha value is -2.23. The van der Waals surface area contributed by atoms with Gasteiger partial charge in [0.2, 0.25) is 15.9 Å². The number of aromatic nitrogens is 2. The number of nitrogens with zero attached hydrogens (tertiary/aromatic N) is 3. The minimum Gasteiger partial charge on any atom is -0.379 e. The molecule has 1 aliphatic rings. The Labute approximate surface area is 165 Å². The molecular formula is C19H26N4O4S. The second-order valence-corrected chi connectivity index (χ2v) is 8.75. The van der Waals surface area contributed by atoms with Gasteiger partial charge in [-0.1, -0.05) is 24.3 Å². The van der Waals surface area contributed by atoms with Gasteiger partial charge < -0.3 is 10.1 Å². The Kier molecular flexibility index (Phi) is 6.17. The van der Waals surface area contributed by atoms with Gasteiger partial charge in [-0.25, -0.2) is 8.42 Å². The van der Waals surface area contributed by atoms with Crippen molar-refractivity contribution in [1.82, 2.24) is 19.4 Å². The largest absolute Gasteiger partial charge is 0.379 e. The molecule has 0 bridgehead atoms. The topological polar surface area (TPSA) is 93.5 Å². The molecule has 28 heavy (non-hydrogen) atoms. The van der Waals surface area contributed by atoms with Crippen molar-refractivity contribution in [2.24, 2.45) is 0 Å². The van der Waals surface area contributed by atoms with E-state index in [0.717, 1.165) is 11.1 Å². The molecule has 1 aliphatic heterocycles. The van der Waals surface area contributed by atoms with Crippen LogP contribution >= 0.6 is 0 Å². The highest BCUT2D eigenvalue weighted by molar-refractivity contribution is 7.89. The zero-order chi connectivity index (χ0) is 20.3. The summed E-state index contributed by atoms with van der Waals surface area (Å²) in [6.45, 7) is 7.13. The number of nitrogens with one attached hydrogen (secondary N) is 1. The zero-order valence-electron chi connectivity index (χ0n) is 16.4. The lowest BCUT2D eigenvalue weighted by Gasteiger charge is -2.26. The van der Waals surface area contributed by atoms with Crippen LogP contribution in [0.5, 0.6) is 0 Å². The lowest BCUT2D eigenvalue weighted by molar-refractivity contribution is -0.122. The third-order valence-corrected chi connectivity index (χ3v) is 7.07. The molecule has 0 radical (unpaired) electrons. The monoisotopic (exact) mass is 406 g/mol. The Morgan fingerprint density at radius 2 is 1.86 bits per heavy atom. The maximum Gasteiger partial charge on any atom is 0.246 e. The summed E-state index contributed by atoms with van der Waals surface area (Å²) >= 11 is 0. The van der Waals surface area contributed by atoms with Gasteiger partial charge in [-0.05, 0) is 31.9 Å². The predicted octanol–water partition coefficient (Wildman–Crippen LogP) is 1.15. The maximum atomic E-state index is 13.0. The van der Waals surface area contributed by atoms with Crippen molar-refractivity contribution < 1.29 is 17.9 Å². The maximum absolute atomic E-state index is 13.0. The first-order valence-corrected chi connectivity index (χ1v) is 10.7. The molecular weight excluding hydrogens is 380 g/mol. The highest BCUT2D eigenvalue weighted by Crippen LogP contribution is 2.24. The van der Waals surface area contributed by atoms with Crippen molar-refractivity contribution in [2.75, 3.05) is 26.3 Å². The van der Waals surface area contributed by atoms with Crippen LogP contribution in [-0.2, 0) is 32.6 Å². The van der Waals surface area contributed by atoms with Gasteiger partial charge in [0.25, 0.3) is 0 Å². The van der Waals surface area contributed by atoms with Crippen LogP contribution in [0.4, 0.5) is 0 Å². The molecule has 0 saturated carbocycles. The summed E-state index contributed by atoms with van der Waals surface area (Å²) in [5.41, 5.74) is 3.01. The van der Waals surface area contributed by atoms with Crippen molar-refractivity contribution in [2.45, 2.75) is 38.8 Å². The standard InChI is InChI=1S/C19H26N4O4S/c1-14-6-4-5-7-17(14)12-20-18(24)13-23-16(3)19(15(2)21-23)28(25,26)22-8-10-27-11-9-22/h4-7H,8-13H2,1-3H3,(H,20,24). The van der Waals surface area contributed by atoms with Crippen LogP contribution in [0.25, 0.3) is 0 Å². The first kappa shape index (κ1) is 20.5. The van der Waals surface area contributed by atoms with Crippen LogP contribution in [0.3, 0.4) is 0 Å². The summed E-state index contributed by atoms with van der Waals surface area (Å²) in [6.07, 6.45) is 0. The van der Waals surface area contributed by atoms with E-state index >= 15 is 0 Å². The molecule has 9 heteroatoms. The number of carbonyl (C=O) groups is 1. The first-order chi connectivity index (χ1) is 13.3. The molecule has 8 nitrogen and oxygen atoms in total. The summed E-state index contributed by atoms with van der Waals surface area (Å²) in [5, 5.41) is 7.17. The van der Waals surface area contributed by atoms with Crippen LogP contribution in [0.2, 0.25) is 0 Å². The van der Waals surface area contributed by atoms with Gasteiger partial charge in [0.1, 0.15) is 11.4 Å². The molecule has 1 amide bonds. The van der Waals surface area contributed by atoms with Crippen molar-refractivity contribution in [3.8, 4) is 0 Å². The predicted molar refractivity (Wildman–Crippen MR) is 104 cm³/mol. The molecule has 3 rings (SSSR count). The van der Waals surface area contributed by atoms with Crippen LogP contribution < -0.4 is 5.32 Å². The fourth-order valence-electron chi connectivity index (χ4n) is 3.32. The van der Waals surface area contributed by atoms with Gasteiger partial charge in [0.15, 0.2) is 0 Å². The van der Waals surface area contributed by atoms with E-state index in [0.29, 0.717) is 44.2 Å². The number of morpholine rings is 1. The van der Waals surface area contributed by atoms with E-state index in [1.54, 1.807) is 13.8 Å². The molecule has 152 valence electrons. The molecule has 2 aromatic rings. The number of carbonyl (C=O) groups excluding carboxylic acids is 1. The summed E-state index contributed by atoms with van der Waals surface area (Å²) < 4.78 is 34.1. The number of hydrogen-bond acceptors (Lipinski definition) is 5. The smallest absolute Gasteiger partial charge is 0.246 e. The Morgan fingerprint density at radius 1 is 1.18 bits per heavy atom. The lowest BCUT2D eigenvalue weighted by atomic mass is 10.1. The van der Waals surface area contributed by atoms with E-state index in [1.807, 2.05) is 31.2 Å². The van der Waals surface area contributed by atoms with Gasteiger partial charge >= 0.3 is 0 Å². The quantitative estimate of drug-likeness (QED) is 0.777. The number of ether oxygens (including phenoxy) is 1. The number of aryl methyl sites for hydroxylation is 2. The van der Waals surface area contributed by atoms with Gasteiger partial charge in [0, 0.05) is 19.6 Å². The molecule has 1 fully saturated rings. The molecule has 1 N–H and O–H groups in total. The molecule has 0 aliphatic carbocycles. The average Bonchev–Trinajstić information content (AvgIpc) is 2.95. The number of rotatable bonds is 6. The van der Waals surface area contributed by atoms with E-state index in [-0.39, 0.29) is 17.3 Å². The molecule has 1 aromatic heterocycles. The van der Waals surface area contributed by atoms with Crippen molar-refractivity contribution in [3.63, 3.8) is 0 Å². The van der Waals surface area contributed by atoms with Gasteiger partial charge in [-0.2, -0.15) is 9.40 Å². The molecule has 2 heterocycles. The van der Waals surface area contributed by atoms with E-state index in [2.05, 4.69) is 10.4 Å². The number of hydrogen-bond donors (Lipinski definition) is 1. The highest BCUT2D eigenvalue weighted by Gasteiger charge is 2.32. The van der Waals surface area contributed by atoms with Crippen LogP contribution in [0.1, 0.15) is 22.5 Å². The fraction of sp³-hybridized carbons (Fsp3) is 0.474. The number of amides is 1. The van der Waals surface area contributed by atoms with Crippen LogP contribution in [-0.4, -0.2) is 54.7 Å². The summed E-state index contributed by atoms with van der Waals surface area (Å²) in [7, 11) is -3.66. The zero-order valence-corrected chi connectivity index (χ0v) is 17.3. The second kappa shape index (κ2) is 8.42. The third-order valence-electron chi connectivity index (χ3n) is 4.91. The second-order valence-electron chi connectivity index (χ2n) is 6.88. The van der Waals surface area contributed by atoms with E-state index in [1.165, 1.54) is 8.99 Å². The molecule has 1 saturated heterocycles. The Morgan fingerprint density at radius 3 is 2.54 bits per heavy atom. The van der Waals surface area contributed by atoms with Crippen molar-refractivity contribution >= 4 is 15.9 Å². The Balaban J connectivity index is 1.72.